The number of ether oxygens (including phenoxy) is 1. The molecule has 2 rings (SSSR count). The van der Waals surface area contributed by atoms with Gasteiger partial charge in [0.15, 0.2) is 0 Å². The molecule has 0 aliphatic heterocycles. The summed E-state index contributed by atoms with van der Waals surface area (Å²) in [5.41, 5.74) is 7.44. The Morgan fingerprint density at radius 1 is 1.21 bits per heavy atom. The zero-order valence-electron chi connectivity index (χ0n) is 10.3. The number of rotatable bonds is 4. The Bertz CT molecular complexity index is 620. The molecule has 0 unspecified atom stereocenters. The van der Waals surface area contributed by atoms with Crippen LogP contribution in [0.15, 0.2) is 42.5 Å². The molecule has 4 heteroatoms. The summed E-state index contributed by atoms with van der Waals surface area (Å²) >= 11 is 0. The van der Waals surface area contributed by atoms with E-state index in [1.807, 2.05) is 24.3 Å². The van der Waals surface area contributed by atoms with Crippen LogP contribution in [0.3, 0.4) is 0 Å². The topological polar surface area (TPSA) is 59.0 Å². The van der Waals surface area contributed by atoms with E-state index in [9.17, 15) is 4.39 Å². The summed E-state index contributed by atoms with van der Waals surface area (Å²) in [6, 6.07) is 13.4. The predicted molar refractivity (Wildman–Crippen MR) is 69.8 cm³/mol. The molecular weight excluding hydrogens is 243 g/mol. The number of nitrogens with zero attached hydrogens (tertiary/aromatic N) is 1. The molecule has 0 bridgehead atoms. The van der Waals surface area contributed by atoms with Crippen molar-refractivity contribution < 1.29 is 9.13 Å². The van der Waals surface area contributed by atoms with Crippen LogP contribution in [0.5, 0.6) is 5.75 Å². The van der Waals surface area contributed by atoms with Gasteiger partial charge < -0.3 is 10.5 Å². The Hall–Kier alpha value is -2.38. The van der Waals surface area contributed by atoms with E-state index in [0.717, 1.165) is 5.56 Å². The van der Waals surface area contributed by atoms with Gasteiger partial charge in [0.05, 0.1) is 11.6 Å². The van der Waals surface area contributed by atoms with Gasteiger partial charge in [-0.1, -0.05) is 12.1 Å². The fourth-order valence-corrected chi connectivity index (χ4v) is 1.71. The van der Waals surface area contributed by atoms with Crippen molar-refractivity contribution in [1.29, 1.82) is 5.26 Å². The fraction of sp³-hybridized carbons (Fsp3) is 0.133. The van der Waals surface area contributed by atoms with Crippen molar-refractivity contribution >= 4 is 0 Å². The van der Waals surface area contributed by atoms with Crippen LogP contribution < -0.4 is 10.5 Å². The molecule has 0 saturated heterocycles. The molecule has 0 aliphatic rings. The molecule has 2 aromatic rings. The van der Waals surface area contributed by atoms with Gasteiger partial charge in [-0.15, -0.1) is 0 Å². The molecule has 0 heterocycles. The molecule has 0 saturated carbocycles. The molecule has 0 spiro atoms. The van der Waals surface area contributed by atoms with Gasteiger partial charge >= 0.3 is 0 Å². The van der Waals surface area contributed by atoms with E-state index >= 15 is 0 Å². The van der Waals surface area contributed by atoms with Crippen molar-refractivity contribution in [1.82, 2.24) is 0 Å². The zero-order valence-corrected chi connectivity index (χ0v) is 10.3. The average molecular weight is 256 g/mol. The summed E-state index contributed by atoms with van der Waals surface area (Å²) in [5, 5.41) is 8.94. The monoisotopic (exact) mass is 256 g/mol. The van der Waals surface area contributed by atoms with Crippen LogP contribution in [-0.2, 0) is 13.2 Å². The third-order valence-corrected chi connectivity index (χ3v) is 2.72. The molecule has 0 fully saturated rings. The normalized spacial score (nSPS) is 9.95. The number of nitrogens with two attached hydrogens (primary N) is 1. The van der Waals surface area contributed by atoms with Gasteiger partial charge in [-0.05, 0) is 35.9 Å². The van der Waals surface area contributed by atoms with Crippen molar-refractivity contribution in [2.24, 2.45) is 5.73 Å². The van der Waals surface area contributed by atoms with E-state index in [0.29, 0.717) is 23.4 Å². The van der Waals surface area contributed by atoms with E-state index < -0.39 is 0 Å². The van der Waals surface area contributed by atoms with Gasteiger partial charge in [-0.3, -0.25) is 0 Å². The third-order valence-electron chi connectivity index (χ3n) is 2.72. The molecule has 0 aromatic heterocycles. The lowest BCUT2D eigenvalue weighted by Crippen LogP contribution is -2.01. The molecule has 3 nitrogen and oxygen atoms in total. The standard InChI is InChI=1S/C15H13FN2O/c16-14-5-4-12(9-18)13(7-14)10-19-15-3-1-2-11(6-15)8-17/h1-7H,8,10,17H2. The summed E-state index contributed by atoms with van der Waals surface area (Å²) in [4.78, 5) is 0. The molecule has 0 aliphatic carbocycles. The van der Waals surface area contributed by atoms with Crippen molar-refractivity contribution in [3.05, 3.63) is 65.0 Å². The minimum Gasteiger partial charge on any atom is -0.489 e. The van der Waals surface area contributed by atoms with Crippen LogP contribution in [-0.4, -0.2) is 0 Å². The first-order chi connectivity index (χ1) is 9.22. The first-order valence-electron chi connectivity index (χ1n) is 5.83. The Kier molecular flexibility index (Phi) is 4.11. The highest BCUT2D eigenvalue weighted by molar-refractivity contribution is 5.38. The minimum absolute atomic E-state index is 0.147. The van der Waals surface area contributed by atoms with Gasteiger partial charge in [-0.2, -0.15) is 5.26 Å². The Morgan fingerprint density at radius 3 is 2.79 bits per heavy atom. The van der Waals surface area contributed by atoms with Crippen LogP contribution >= 0.6 is 0 Å². The van der Waals surface area contributed by atoms with E-state index in [1.54, 1.807) is 6.07 Å². The highest BCUT2D eigenvalue weighted by atomic mass is 19.1. The number of halogens is 1. The first-order valence-corrected chi connectivity index (χ1v) is 5.83. The second-order valence-corrected chi connectivity index (χ2v) is 4.05. The quantitative estimate of drug-likeness (QED) is 0.915. The smallest absolute Gasteiger partial charge is 0.123 e. The maximum Gasteiger partial charge on any atom is 0.123 e. The number of benzene rings is 2. The second kappa shape index (κ2) is 5.98. The predicted octanol–water partition coefficient (Wildman–Crippen LogP) is 2.74. The van der Waals surface area contributed by atoms with Crippen LogP contribution in [0.2, 0.25) is 0 Å². The highest BCUT2D eigenvalue weighted by Gasteiger charge is 2.05. The van der Waals surface area contributed by atoms with Crippen molar-refractivity contribution in [3.63, 3.8) is 0 Å². The molecule has 0 amide bonds. The van der Waals surface area contributed by atoms with E-state index in [2.05, 4.69) is 0 Å². The molecule has 2 aromatic carbocycles. The summed E-state index contributed by atoms with van der Waals surface area (Å²) in [6.45, 7) is 0.579. The Morgan fingerprint density at radius 2 is 2.05 bits per heavy atom. The largest absolute Gasteiger partial charge is 0.489 e. The summed E-state index contributed by atoms with van der Waals surface area (Å²) in [6.07, 6.45) is 0. The first kappa shape index (κ1) is 13.1. The van der Waals surface area contributed by atoms with Gasteiger partial charge in [0.1, 0.15) is 18.2 Å². The van der Waals surface area contributed by atoms with Crippen LogP contribution in [0.1, 0.15) is 16.7 Å². The van der Waals surface area contributed by atoms with Crippen LogP contribution in [0.4, 0.5) is 4.39 Å². The zero-order chi connectivity index (χ0) is 13.7. The summed E-state index contributed by atoms with van der Waals surface area (Å²) in [5.74, 6) is 0.268. The SMILES string of the molecule is N#Cc1ccc(F)cc1COc1cccc(CN)c1. The van der Waals surface area contributed by atoms with Gasteiger partial charge in [-0.25, -0.2) is 4.39 Å². The molecule has 19 heavy (non-hydrogen) atoms. The highest BCUT2D eigenvalue weighted by Crippen LogP contribution is 2.17. The molecule has 96 valence electrons. The minimum atomic E-state index is -0.381. The summed E-state index contributed by atoms with van der Waals surface area (Å²) in [7, 11) is 0. The maximum atomic E-state index is 13.1. The van der Waals surface area contributed by atoms with Crippen LogP contribution in [0.25, 0.3) is 0 Å². The summed E-state index contributed by atoms with van der Waals surface area (Å²) < 4.78 is 18.7. The fourth-order valence-electron chi connectivity index (χ4n) is 1.71. The van der Waals surface area contributed by atoms with Crippen molar-refractivity contribution in [2.75, 3.05) is 0 Å². The van der Waals surface area contributed by atoms with Gasteiger partial charge in [0.25, 0.3) is 0 Å². The molecule has 0 atom stereocenters. The molecule has 0 radical (unpaired) electrons. The van der Waals surface area contributed by atoms with E-state index in [1.165, 1.54) is 18.2 Å². The lowest BCUT2D eigenvalue weighted by atomic mass is 10.1. The second-order valence-electron chi connectivity index (χ2n) is 4.05. The third kappa shape index (κ3) is 3.30. The average Bonchev–Trinajstić information content (AvgIpc) is 2.45. The van der Waals surface area contributed by atoms with Gasteiger partial charge in [0.2, 0.25) is 0 Å². The Labute approximate surface area is 111 Å². The van der Waals surface area contributed by atoms with Gasteiger partial charge in [0, 0.05) is 12.1 Å². The van der Waals surface area contributed by atoms with Crippen molar-refractivity contribution in [3.8, 4) is 11.8 Å². The Balaban J connectivity index is 2.14. The number of hydrogen-bond donors (Lipinski definition) is 1. The maximum absolute atomic E-state index is 13.1. The molecule has 2 N–H and O–H groups in total. The van der Waals surface area contributed by atoms with Crippen LogP contribution in [0, 0.1) is 17.1 Å². The van der Waals surface area contributed by atoms with E-state index in [-0.39, 0.29) is 12.4 Å². The molecular formula is C15H13FN2O. The number of nitriles is 1. The lowest BCUT2D eigenvalue weighted by molar-refractivity contribution is 0.305. The lowest BCUT2D eigenvalue weighted by Gasteiger charge is -2.08. The number of hydrogen-bond acceptors (Lipinski definition) is 3. The van der Waals surface area contributed by atoms with Crippen molar-refractivity contribution in [2.45, 2.75) is 13.2 Å². The van der Waals surface area contributed by atoms with E-state index in [4.69, 9.17) is 15.7 Å².